The molecule has 52 heavy (non-hydrogen) atoms. The molecule has 0 N–H and O–H groups in total. The number of hydrogen-bond donors (Lipinski definition) is 0. The Hall–Kier alpha value is -5.52. The molecule has 10 nitrogen and oxygen atoms in total. The van der Waals surface area contributed by atoms with Gasteiger partial charge in [0.2, 0.25) is 17.7 Å². The van der Waals surface area contributed by atoms with Gasteiger partial charge in [-0.15, -0.1) is 6.58 Å². The number of carbonyl (C=O) groups is 3. The number of benzene rings is 4. The molecular formula is C41H41N5O5S. The monoisotopic (exact) mass is 715 g/mol. The van der Waals surface area contributed by atoms with E-state index in [0.717, 1.165) is 16.7 Å². The van der Waals surface area contributed by atoms with E-state index in [2.05, 4.69) is 6.58 Å². The van der Waals surface area contributed by atoms with Gasteiger partial charge >= 0.3 is 0 Å². The van der Waals surface area contributed by atoms with Crippen molar-refractivity contribution in [3.63, 3.8) is 0 Å². The number of piperazine rings is 1. The Kier molecular flexibility index (Phi) is 9.81. The second kappa shape index (κ2) is 14.6. The molecule has 4 aromatic carbocycles. The first-order valence-electron chi connectivity index (χ1n) is 17.4. The zero-order valence-electron chi connectivity index (χ0n) is 29.0. The molecule has 266 valence electrons. The summed E-state index contributed by atoms with van der Waals surface area (Å²) < 4.78 is 29.2. The van der Waals surface area contributed by atoms with Crippen molar-refractivity contribution in [3.8, 4) is 0 Å². The number of rotatable bonds is 11. The van der Waals surface area contributed by atoms with E-state index in [0.29, 0.717) is 22.9 Å². The summed E-state index contributed by atoms with van der Waals surface area (Å²) in [5.41, 5.74) is 3.95. The predicted molar refractivity (Wildman–Crippen MR) is 199 cm³/mol. The summed E-state index contributed by atoms with van der Waals surface area (Å²) in [4.78, 5) is 46.2. The van der Waals surface area contributed by atoms with Crippen molar-refractivity contribution in [3.05, 3.63) is 150 Å². The van der Waals surface area contributed by atoms with Gasteiger partial charge in [-0.05, 0) is 48.2 Å². The molecule has 3 amide bonds. The molecule has 0 aliphatic carbocycles. The number of para-hydroxylation sites is 1. The molecule has 3 heterocycles. The number of aromatic nitrogens is 1. The van der Waals surface area contributed by atoms with E-state index in [1.165, 1.54) is 3.97 Å². The Morgan fingerprint density at radius 2 is 1.56 bits per heavy atom. The minimum atomic E-state index is -3.97. The van der Waals surface area contributed by atoms with E-state index in [9.17, 15) is 22.8 Å². The quantitative estimate of drug-likeness (QED) is 0.175. The van der Waals surface area contributed by atoms with Crippen LogP contribution in [0, 0.1) is 6.92 Å². The first kappa shape index (κ1) is 34.9. The molecule has 2 fully saturated rings. The second-order valence-corrected chi connectivity index (χ2v) is 15.2. The molecule has 2 atom stereocenters. The van der Waals surface area contributed by atoms with E-state index in [-0.39, 0.29) is 61.6 Å². The van der Waals surface area contributed by atoms with Crippen LogP contribution in [0.4, 0.5) is 0 Å². The average molecular weight is 716 g/mol. The summed E-state index contributed by atoms with van der Waals surface area (Å²) in [6.07, 6.45) is 3.41. The Morgan fingerprint density at radius 3 is 2.25 bits per heavy atom. The fourth-order valence-corrected chi connectivity index (χ4v) is 8.74. The van der Waals surface area contributed by atoms with E-state index >= 15 is 0 Å². The van der Waals surface area contributed by atoms with Gasteiger partial charge in [0.15, 0.2) is 0 Å². The fraction of sp³-hybridized carbons (Fsp3) is 0.244. The standard InChI is InChI=1S/C41H41N5O5S/c1-3-24-43-29-39(48)45-36(26-32-13-8-5-9-14-32)41(49)42(28-37(45)46(43)38(47)22-19-31-11-6-4-7-12-31)27-34-16-10-15-33-23-25-44(40(33)34)52(50,51)35-20-17-30(2)18-21-35/h3-18,20-21,23,25,36-37H,1,19,22,24,26-29H2,2H3/t36-,37-/m0/s1. The summed E-state index contributed by atoms with van der Waals surface area (Å²) in [6, 6.07) is 32.4. The summed E-state index contributed by atoms with van der Waals surface area (Å²) >= 11 is 0. The molecule has 0 unspecified atom stereocenters. The zero-order chi connectivity index (χ0) is 36.4. The third kappa shape index (κ3) is 6.77. The minimum absolute atomic E-state index is 0.0440. The third-order valence-corrected chi connectivity index (χ3v) is 11.6. The maximum Gasteiger partial charge on any atom is 0.268 e. The van der Waals surface area contributed by atoms with Crippen LogP contribution in [0.2, 0.25) is 0 Å². The molecule has 2 aliphatic heterocycles. The van der Waals surface area contributed by atoms with Gasteiger partial charge < -0.3 is 9.80 Å². The van der Waals surface area contributed by atoms with Crippen LogP contribution in [0.5, 0.6) is 0 Å². The van der Waals surface area contributed by atoms with Crippen LogP contribution in [0.15, 0.2) is 133 Å². The van der Waals surface area contributed by atoms with Crippen molar-refractivity contribution in [2.75, 3.05) is 19.6 Å². The molecule has 0 bridgehead atoms. The maximum atomic E-state index is 14.6. The first-order chi connectivity index (χ1) is 25.2. The Balaban J connectivity index is 1.28. The molecule has 11 heteroatoms. The van der Waals surface area contributed by atoms with E-state index in [1.54, 1.807) is 62.4 Å². The minimum Gasteiger partial charge on any atom is -0.332 e. The number of carbonyl (C=O) groups excluding carboxylic acids is 3. The Labute approximate surface area is 304 Å². The van der Waals surface area contributed by atoms with Gasteiger partial charge in [0.05, 0.1) is 23.5 Å². The molecule has 0 spiro atoms. The summed E-state index contributed by atoms with van der Waals surface area (Å²) in [6.45, 7) is 6.10. The molecule has 2 saturated heterocycles. The number of hydrazine groups is 1. The molecule has 5 aromatic rings. The number of nitrogens with zero attached hydrogens (tertiary/aromatic N) is 5. The van der Waals surface area contributed by atoms with Gasteiger partial charge in [0, 0.05) is 37.5 Å². The smallest absolute Gasteiger partial charge is 0.268 e. The van der Waals surface area contributed by atoms with Crippen molar-refractivity contribution < 1.29 is 22.8 Å². The highest BCUT2D eigenvalue weighted by molar-refractivity contribution is 7.90. The van der Waals surface area contributed by atoms with Crippen LogP contribution in [0.1, 0.15) is 28.7 Å². The average Bonchev–Trinajstić information content (AvgIpc) is 3.60. The summed E-state index contributed by atoms with van der Waals surface area (Å²) in [5, 5.41) is 4.08. The Morgan fingerprint density at radius 1 is 0.865 bits per heavy atom. The maximum absolute atomic E-state index is 14.6. The van der Waals surface area contributed by atoms with E-state index in [4.69, 9.17) is 0 Å². The third-order valence-electron chi connectivity index (χ3n) is 9.87. The van der Waals surface area contributed by atoms with E-state index in [1.807, 2.05) is 85.8 Å². The lowest BCUT2D eigenvalue weighted by atomic mass is 9.98. The van der Waals surface area contributed by atoms with Crippen molar-refractivity contribution >= 4 is 38.6 Å². The van der Waals surface area contributed by atoms with Crippen molar-refractivity contribution in [1.82, 2.24) is 23.8 Å². The zero-order valence-corrected chi connectivity index (χ0v) is 29.9. The van der Waals surface area contributed by atoms with Gasteiger partial charge in [-0.3, -0.25) is 14.4 Å². The summed E-state index contributed by atoms with van der Waals surface area (Å²) in [7, 11) is -3.97. The van der Waals surface area contributed by atoms with Crippen molar-refractivity contribution in [1.29, 1.82) is 0 Å². The lowest BCUT2D eigenvalue weighted by Crippen LogP contribution is -2.75. The van der Waals surface area contributed by atoms with Crippen LogP contribution in [0.3, 0.4) is 0 Å². The summed E-state index contributed by atoms with van der Waals surface area (Å²) in [5.74, 6) is -0.673. The lowest BCUT2D eigenvalue weighted by Gasteiger charge is -2.55. The number of fused-ring (bicyclic) bond motifs is 2. The normalized spacial score (nSPS) is 18.1. The molecule has 1 aromatic heterocycles. The lowest BCUT2D eigenvalue weighted by molar-refractivity contribution is -0.205. The SMILES string of the molecule is C=CCN1CC(=O)N2[C@@H](Cc3ccccc3)C(=O)N(Cc3cccc4ccn(S(=O)(=O)c5ccc(C)cc5)c34)C[C@@H]2N1C(=O)CCc1ccccc1. The highest BCUT2D eigenvalue weighted by atomic mass is 32.2. The first-order valence-corrected chi connectivity index (χ1v) is 18.9. The fourth-order valence-electron chi connectivity index (χ4n) is 7.35. The van der Waals surface area contributed by atoms with Gasteiger partial charge in [0.1, 0.15) is 12.2 Å². The van der Waals surface area contributed by atoms with Gasteiger partial charge in [-0.1, -0.05) is 103 Å². The molecule has 7 rings (SSSR count). The second-order valence-electron chi connectivity index (χ2n) is 13.4. The van der Waals surface area contributed by atoms with Crippen molar-refractivity contribution in [2.24, 2.45) is 0 Å². The molecular weight excluding hydrogens is 675 g/mol. The van der Waals surface area contributed by atoms with Gasteiger partial charge in [0.25, 0.3) is 10.0 Å². The van der Waals surface area contributed by atoms with Crippen LogP contribution in [0.25, 0.3) is 10.9 Å². The van der Waals surface area contributed by atoms with Crippen LogP contribution in [-0.2, 0) is 43.8 Å². The largest absolute Gasteiger partial charge is 0.332 e. The molecule has 2 aliphatic rings. The number of hydrogen-bond acceptors (Lipinski definition) is 6. The molecule has 0 saturated carbocycles. The van der Waals surface area contributed by atoms with E-state index < -0.39 is 22.2 Å². The van der Waals surface area contributed by atoms with Crippen LogP contribution < -0.4 is 0 Å². The number of amides is 3. The highest BCUT2D eigenvalue weighted by Gasteiger charge is 2.51. The highest BCUT2D eigenvalue weighted by Crippen LogP contribution is 2.32. The van der Waals surface area contributed by atoms with Crippen LogP contribution >= 0.6 is 0 Å². The predicted octanol–water partition coefficient (Wildman–Crippen LogP) is 5.17. The Bertz CT molecular complexity index is 2220. The molecule has 0 radical (unpaired) electrons. The van der Waals surface area contributed by atoms with Gasteiger partial charge in [-0.2, -0.15) is 0 Å². The number of aryl methyl sites for hydroxylation is 2. The van der Waals surface area contributed by atoms with Crippen molar-refractivity contribution in [2.45, 2.75) is 49.8 Å². The topological polar surface area (TPSA) is 103 Å². The van der Waals surface area contributed by atoms with Gasteiger partial charge in [-0.25, -0.2) is 22.4 Å². The van der Waals surface area contributed by atoms with Crippen LogP contribution in [-0.4, -0.2) is 81.8 Å².